The summed E-state index contributed by atoms with van der Waals surface area (Å²) < 4.78 is 27.1. The number of carbonyl (C=O) groups is 1. The zero-order valence-corrected chi connectivity index (χ0v) is 11.1. The van der Waals surface area contributed by atoms with Gasteiger partial charge in [-0.1, -0.05) is 0 Å². The Morgan fingerprint density at radius 2 is 2.26 bits per heavy atom. The third kappa shape index (κ3) is 5.11. The van der Waals surface area contributed by atoms with Gasteiger partial charge in [0.15, 0.2) is 0 Å². The summed E-state index contributed by atoms with van der Waals surface area (Å²) in [5.74, 6) is 1.38. The number of unbranched alkanes of at least 4 members (excludes halogenated alkanes) is 2. The molecule has 0 fully saturated rings. The van der Waals surface area contributed by atoms with Crippen molar-refractivity contribution in [1.29, 1.82) is 0 Å². The molecule has 0 bridgehead atoms. The van der Waals surface area contributed by atoms with Gasteiger partial charge in [0.1, 0.15) is 11.4 Å². The maximum absolute atomic E-state index is 11.8. The van der Waals surface area contributed by atoms with Gasteiger partial charge in [-0.3, -0.25) is 9.48 Å². The van der Waals surface area contributed by atoms with Crippen LogP contribution >= 0.6 is 0 Å². The molecule has 0 saturated carbocycles. The fourth-order valence-corrected chi connectivity index (χ4v) is 2.38. The molecule has 0 aliphatic carbocycles. The van der Waals surface area contributed by atoms with Gasteiger partial charge in [0, 0.05) is 19.2 Å². The van der Waals surface area contributed by atoms with Crippen LogP contribution in [-0.4, -0.2) is 35.8 Å². The van der Waals surface area contributed by atoms with Crippen LogP contribution in [0.1, 0.15) is 19.3 Å². The van der Waals surface area contributed by atoms with E-state index in [-0.39, 0.29) is 18.0 Å². The standard InChI is InChI=1S/C11H15N3O4S/c1-2-3-4-5-6-13-19(17,18)10-7-12-14(8-10)9-11(15)16/h1,7-8,13H,3-6,9H2,(H,15,16). The van der Waals surface area contributed by atoms with Gasteiger partial charge in [-0.2, -0.15) is 5.10 Å². The average molecular weight is 285 g/mol. The molecule has 1 aromatic rings. The Bertz CT molecular complexity index is 571. The number of sulfonamides is 1. The predicted octanol–water partition coefficient (Wildman–Crippen LogP) is 0.0495. The van der Waals surface area contributed by atoms with Gasteiger partial charge >= 0.3 is 5.97 Å². The topological polar surface area (TPSA) is 101 Å². The molecule has 7 nitrogen and oxygen atoms in total. The molecule has 1 rings (SSSR count). The Kier molecular flexibility index (Phi) is 5.54. The van der Waals surface area contributed by atoms with Gasteiger partial charge < -0.3 is 5.11 Å². The highest BCUT2D eigenvalue weighted by atomic mass is 32.2. The Balaban J connectivity index is 2.55. The highest BCUT2D eigenvalue weighted by molar-refractivity contribution is 7.89. The minimum absolute atomic E-state index is 0.0503. The van der Waals surface area contributed by atoms with Crippen molar-refractivity contribution in [3.05, 3.63) is 12.4 Å². The molecule has 19 heavy (non-hydrogen) atoms. The van der Waals surface area contributed by atoms with Crippen molar-refractivity contribution < 1.29 is 18.3 Å². The van der Waals surface area contributed by atoms with Gasteiger partial charge in [-0.15, -0.1) is 12.3 Å². The van der Waals surface area contributed by atoms with Crippen LogP contribution in [0.2, 0.25) is 0 Å². The van der Waals surface area contributed by atoms with Gasteiger partial charge in [-0.05, 0) is 12.8 Å². The maximum Gasteiger partial charge on any atom is 0.325 e. The summed E-state index contributed by atoms with van der Waals surface area (Å²) in [5, 5.41) is 12.2. The fourth-order valence-electron chi connectivity index (χ4n) is 1.35. The van der Waals surface area contributed by atoms with Crippen LogP contribution in [-0.2, 0) is 21.4 Å². The Labute approximate surface area is 111 Å². The second kappa shape index (κ2) is 6.92. The molecule has 104 valence electrons. The summed E-state index contributed by atoms with van der Waals surface area (Å²) in [5.41, 5.74) is 0. The molecule has 0 amide bonds. The number of nitrogens with one attached hydrogen (secondary N) is 1. The van der Waals surface area contributed by atoms with Crippen LogP contribution in [0.5, 0.6) is 0 Å². The average Bonchev–Trinajstić information content (AvgIpc) is 2.77. The zero-order chi connectivity index (χ0) is 14.3. The van der Waals surface area contributed by atoms with E-state index in [0.717, 1.165) is 17.3 Å². The fraction of sp³-hybridized carbons (Fsp3) is 0.455. The van der Waals surface area contributed by atoms with E-state index < -0.39 is 16.0 Å². The van der Waals surface area contributed by atoms with Crippen LogP contribution in [0.4, 0.5) is 0 Å². The molecule has 0 spiro atoms. The van der Waals surface area contributed by atoms with E-state index in [1.807, 2.05) is 0 Å². The molecule has 0 atom stereocenters. The summed E-state index contributed by atoms with van der Waals surface area (Å²) in [4.78, 5) is 10.4. The van der Waals surface area contributed by atoms with E-state index in [9.17, 15) is 13.2 Å². The van der Waals surface area contributed by atoms with Crippen LogP contribution in [0.25, 0.3) is 0 Å². The normalized spacial score (nSPS) is 11.1. The van der Waals surface area contributed by atoms with E-state index in [1.54, 1.807) is 0 Å². The van der Waals surface area contributed by atoms with Crippen molar-refractivity contribution in [2.24, 2.45) is 0 Å². The minimum Gasteiger partial charge on any atom is -0.480 e. The Morgan fingerprint density at radius 3 is 2.89 bits per heavy atom. The molecule has 0 radical (unpaired) electrons. The lowest BCUT2D eigenvalue weighted by molar-refractivity contribution is -0.137. The van der Waals surface area contributed by atoms with Crippen molar-refractivity contribution >= 4 is 16.0 Å². The van der Waals surface area contributed by atoms with Gasteiger partial charge in [0.05, 0.1) is 6.20 Å². The number of hydrogen-bond acceptors (Lipinski definition) is 4. The summed E-state index contributed by atoms with van der Waals surface area (Å²) in [6.07, 6.45) is 9.38. The molecule has 0 saturated heterocycles. The van der Waals surface area contributed by atoms with E-state index in [0.29, 0.717) is 12.8 Å². The molecule has 0 aliphatic rings. The first-order valence-corrected chi connectivity index (χ1v) is 7.11. The number of carboxylic acids is 1. The highest BCUT2D eigenvalue weighted by Gasteiger charge is 2.16. The second-order valence-electron chi connectivity index (χ2n) is 3.83. The number of hydrogen-bond donors (Lipinski definition) is 2. The number of carboxylic acid groups (broad SMARTS) is 1. The molecule has 8 heteroatoms. The lowest BCUT2D eigenvalue weighted by Crippen LogP contribution is -2.24. The zero-order valence-electron chi connectivity index (χ0n) is 10.2. The van der Waals surface area contributed by atoms with E-state index in [1.165, 1.54) is 6.20 Å². The number of terminal acetylenes is 1. The molecule has 1 heterocycles. The lowest BCUT2D eigenvalue weighted by Gasteiger charge is -2.03. The first kappa shape index (κ1) is 15.2. The Hall–Kier alpha value is -1.85. The SMILES string of the molecule is C#CCCCCNS(=O)(=O)c1cnn(CC(=O)O)c1. The molecule has 0 unspecified atom stereocenters. The molecular formula is C11H15N3O4S. The monoisotopic (exact) mass is 285 g/mol. The van der Waals surface area contributed by atoms with Crippen molar-refractivity contribution in [3.8, 4) is 12.3 Å². The third-order valence-electron chi connectivity index (χ3n) is 2.26. The quantitative estimate of drug-likeness (QED) is 0.519. The largest absolute Gasteiger partial charge is 0.480 e. The van der Waals surface area contributed by atoms with Crippen LogP contribution < -0.4 is 4.72 Å². The Morgan fingerprint density at radius 1 is 1.53 bits per heavy atom. The van der Waals surface area contributed by atoms with Crippen molar-refractivity contribution in [1.82, 2.24) is 14.5 Å². The molecule has 0 aliphatic heterocycles. The molecule has 1 aromatic heterocycles. The van der Waals surface area contributed by atoms with Crippen molar-refractivity contribution in [2.45, 2.75) is 30.7 Å². The summed E-state index contributed by atoms with van der Waals surface area (Å²) >= 11 is 0. The van der Waals surface area contributed by atoms with E-state index in [4.69, 9.17) is 11.5 Å². The van der Waals surface area contributed by atoms with E-state index >= 15 is 0 Å². The molecule has 0 aromatic carbocycles. The van der Waals surface area contributed by atoms with Crippen LogP contribution in [0.15, 0.2) is 17.3 Å². The summed E-state index contributed by atoms with van der Waals surface area (Å²) in [7, 11) is -3.64. The third-order valence-corrected chi connectivity index (χ3v) is 3.67. The molecule has 2 N–H and O–H groups in total. The minimum atomic E-state index is -3.64. The van der Waals surface area contributed by atoms with E-state index in [2.05, 4.69) is 15.7 Å². The second-order valence-corrected chi connectivity index (χ2v) is 5.59. The predicted molar refractivity (Wildman–Crippen MR) is 67.7 cm³/mol. The summed E-state index contributed by atoms with van der Waals surface area (Å²) in [6.45, 7) is -0.0915. The van der Waals surface area contributed by atoms with Gasteiger partial charge in [-0.25, -0.2) is 13.1 Å². The molecular weight excluding hydrogens is 270 g/mol. The number of rotatable bonds is 8. The number of aliphatic carboxylic acids is 1. The van der Waals surface area contributed by atoms with Gasteiger partial charge in [0.25, 0.3) is 0 Å². The maximum atomic E-state index is 11.8. The summed E-state index contributed by atoms with van der Waals surface area (Å²) in [6, 6.07) is 0. The number of nitrogens with zero attached hydrogens (tertiary/aromatic N) is 2. The highest BCUT2D eigenvalue weighted by Crippen LogP contribution is 2.07. The lowest BCUT2D eigenvalue weighted by atomic mass is 10.2. The first-order chi connectivity index (χ1) is 8.95. The van der Waals surface area contributed by atoms with Crippen molar-refractivity contribution in [2.75, 3.05) is 6.54 Å². The number of aromatic nitrogens is 2. The van der Waals surface area contributed by atoms with Crippen molar-refractivity contribution in [3.63, 3.8) is 0 Å². The smallest absolute Gasteiger partial charge is 0.325 e. The van der Waals surface area contributed by atoms with Gasteiger partial charge in [0.2, 0.25) is 10.0 Å². The van der Waals surface area contributed by atoms with Crippen LogP contribution in [0.3, 0.4) is 0 Å². The van der Waals surface area contributed by atoms with Crippen LogP contribution in [0, 0.1) is 12.3 Å². The first-order valence-electron chi connectivity index (χ1n) is 5.63.